The van der Waals surface area contributed by atoms with Crippen LogP contribution in [0.2, 0.25) is 0 Å². The van der Waals surface area contributed by atoms with Crippen molar-refractivity contribution in [3.8, 4) is 0 Å². The van der Waals surface area contributed by atoms with Crippen molar-refractivity contribution in [3.63, 3.8) is 0 Å². The van der Waals surface area contributed by atoms with E-state index in [2.05, 4.69) is 31.0 Å². The summed E-state index contributed by atoms with van der Waals surface area (Å²) in [6, 6.07) is 0. The maximum absolute atomic E-state index is 5.70. The van der Waals surface area contributed by atoms with Gasteiger partial charge in [0.2, 0.25) is 0 Å². The summed E-state index contributed by atoms with van der Waals surface area (Å²) in [6.07, 6.45) is 5.29. The molecule has 112 valence electrons. The van der Waals surface area contributed by atoms with E-state index in [4.69, 9.17) is 4.74 Å². The van der Waals surface area contributed by atoms with E-state index in [1.54, 1.807) is 0 Å². The van der Waals surface area contributed by atoms with Crippen LogP contribution in [0.1, 0.15) is 46.5 Å². The zero-order chi connectivity index (χ0) is 13.8. The van der Waals surface area contributed by atoms with Gasteiger partial charge < -0.3 is 15.0 Å². The Morgan fingerprint density at radius 2 is 2.00 bits per heavy atom. The molecule has 0 saturated carbocycles. The Morgan fingerprint density at radius 3 is 2.68 bits per heavy atom. The normalized spacial score (nSPS) is 32.4. The molecule has 0 spiro atoms. The second-order valence-corrected chi connectivity index (χ2v) is 7.38. The molecule has 0 aromatic heterocycles. The molecule has 3 nitrogen and oxygen atoms in total. The van der Waals surface area contributed by atoms with Crippen molar-refractivity contribution < 1.29 is 4.74 Å². The van der Waals surface area contributed by atoms with Gasteiger partial charge in [0.15, 0.2) is 0 Å². The van der Waals surface area contributed by atoms with Crippen LogP contribution in [0.25, 0.3) is 0 Å². The molecule has 2 fully saturated rings. The highest BCUT2D eigenvalue weighted by molar-refractivity contribution is 4.89. The molecule has 19 heavy (non-hydrogen) atoms. The number of likely N-dealkylation sites (tertiary alicyclic amines) is 1. The Kier molecular flexibility index (Phi) is 5.27. The Morgan fingerprint density at radius 1 is 1.16 bits per heavy atom. The molecule has 2 aliphatic rings. The number of hydrogen-bond donors (Lipinski definition) is 1. The number of hydrogen-bond acceptors (Lipinski definition) is 3. The number of rotatable bonds is 5. The van der Waals surface area contributed by atoms with E-state index in [1.807, 2.05) is 0 Å². The zero-order valence-electron chi connectivity index (χ0n) is 13.1. The van der Waals surface area contributed by atoms with Crippen LogP contribution in [0.5, 0.6) is 0 Å². The van der Waals surface area contributed by atoms with Crippen molar-refractivity contribution in [2.45, 2.75) is 46.5 Å². The van der Waals surface area contributed by atoms with Crippen molar-refractivity contribution in [3.05, 3.63) is 0 Å². The van der Waals surface area contributed by atoms with Crippen LogP contribution in [-0.2, 0) is 4.74 Å². The first-order valence-corrected chi connectivity index (χ1v) is 8.06. The minimum atomic E-state index is 0.366. The Bertz CT molecular complexity index is 272. The molecule has 0 radical (unpaired) electrons. The first-order chi connectivity index (χ1) is 9.05. The molecule has 1 unspecified atom stereocenters. The van der Waals surface area contributed by atoms with Crippen molar-refractivity contribution in [1.29, 1.82) is 0 Å². The van der Waals surface area contributed by atoms with Crippen LogP contribution < -0.4 is 5.32 Å². The van der Waals surface area contributed by atoms with Crippen LogP contribution in [0, 0.1) is 10.8 Å². The summed E-state index contributed by atoms with van der Waals surface area (Å²) in [4.78, 5) is 2.70. The lowest BCUT2D eigenvalue weighted by Gasteiger charge is -2.34. The predicted molar refractivity (Wildman–Crippen MR) is 80.5 cm³/mol. The third-order valence-electron chi connectivity index (χ3n) is 4.93. The molecule has 0 aromatic rings. The highest BCUT2D eigenvalue weighted by atomic mass is 16.5. The molecule has 0 aromatic carbocycles. The molecule has 2 rings (SSSR count). The highest BCUT2D eigenvalue weighted by Crippen LogP contribution is 2.33. The lowest BCUT2D eigenvalue weighted by atomic mass is 9.85. The maximum atomic E-state index is 5.70. The van der Waals surface area contributed by atoms with Gasteiger partial charge in [0, 0.05) is 25.1 Å². The first kappa shape index (κ1) is 15.3. The van der Waals surface area contributed by atoms with Crippen LogP contribution in [0.3, 0.4) is 0 Å². The number of nitrogens with one attached hydrogen (secondary N) is 1. The average Bonchev–Trinajstić information content (AvgIpc) is 2.75. The minimum Gasteiger partial charge on any atom is -0.381 e. The van der Waals surface area contributed by atoms with Gasteiger partial charge in [0.1, 0.15) is 0 Å². The molecule has 0 bridgehead atoms. The predicted octanol–water partition coefficient (Wildman–Crippen LogP) is 2.51. The second kappa shape index (κ2) is 6.55. The van der Waals surface area contributed by atoms with Gasteiger partial charge >= 0.3 is 0 Å². The van der Waals surface area contributed by atoms with Crippen molar-refractivity contribution in [1.82, 2.24) is 10.2 Å². The fourth-order valence-electron chi connectivity index (χ4n) is 3.47. The molecule has 0 amide bonds. The molecule has 1 atom stereocenters. The molecule has 2 heterocycles. The third-order valence-corrected chi connectivity index (χ3v) is 4.93. The van der Waals surface area contributed by atoms with Gasteiger partial charge in [0.25, 0.3) is 0 Å². The fourth-order valence-corrected chi connectivity index (χ4v) is 3.47. The molecule has 3 heteroatoms. The number of ether oxygens (including phenoxy) is 1. The van der Waals surface area contributed by atoms with E-state index >= 15 is 0 Å². The van der Waals surface area contributed by atoms with Gasteiger partial charge in [0.05, 0.1) is 6.61 Å². The zero-order valence-corrected chi connectivity index (χ0v) is 13.1. The maximum Gasteiger partial charge on any atom is 0.0547 e. The molecular formula is C16H32N2O. The average molecular weight is 268 g/mol. The summed E-state index contributed by atoms with van der Waals surface area (Å²) in [5, 5.41) is 3.55. The van der Waals surface area contributed by atoms with E-state index < -0.39 is 0 Å². The largest absolute Gasteiger partial charge is 0.381 e. The monoisotopic (exact) mass is 268 g/mol. The second-order valence-electron chi connectivity index (χ2n) is 7.38. The summed E-state index contributed by atoms with van der Waals surface area (Å²) in [7, 11) is 0. The van der Waals surface area contributed by atoms with E-state index in [-0.39, 0.29) is 0 Å². The van der Waals surface area contributed by atoms with Gasteiger partial charge in [-0.1, -0.05) is 20.8 Å². The molecule has 1 N–H and O–H groups in total. The van der Waals surface area contributed by atoms with Crippen molar-refractivity contribution in [2.75, 3.05) is 45.9 Å². The topological polar surface area (TPSA) is 24.5 Å². The van der Waals surface area contributed by atoms with Crippen molar-refractivity contribution >= 4 is 0 Å². The van der Waals surface area contributed by atoms with Crippen LogP contribution in [-0.4, -0.2) is 50.8 Å². The first-order valence-electron chi connectivity index (χ1n) is 8.06. The van der Waals surface area contributed by atoms with Crippen LogP contribution >= 0.6 is 0 Å². The van der Waals surface area contributed by atoms with E-state index in [0.717, 1.165) is 26.3 Å². The number of nitrogens with zero attached hydrogens (tertiary/aromatic N) is 1. The summed E-state index contributed by atoms with van der Waals surface area (Å²) >= 11 is 0. The lowest BCUT2D eigenvalue weighted by molar-refractivity contribution is 0.108. The van der Waals surface area contributed by atoms with Gasteiger partial charge in [-0.05, 0) is 50.7 Å². The van der Waals surface area contributed by atoms with Gasteiger partial charge in [-0.25, -0.2) is 0 Å². The summed E-state index contributed by atoms with van der Waals surface area (Å²) < 4.78 is 5.70. The van der Waals surface area contributed by atoms with Gasteiger partial charge in [-0.15, -0.1) is 0 Å². The smallest absolute Gasteiger partial charge is 0.0547 e. The molecule has 0 aliphatic carbocycles. The fraction of sp³-hybridized carbons (Fsp3) is 1.00. The summed E-state index contributed by atoms with van der Waals surface area (Å²) in [5.74, 6) is 0. The lowest BCUT2D eigenvalue weighted by Crippen LogP contribution is -2.45. The van der Waals surface area contributed by atoms with E-state index in [9.17, 15) is 0 Å². The van der Waals surface area contributed by atoms with Crippen LogP contribution in [0.4, 0.5) is 0 Å². The molecular weight excluding hydrogens is 236 g/mol. The Balaban J connectivity index is 1.90. The third kappa shape index (κ3) is 4.44. The summed E-state index contributed by atoms with van der Waals surface area (Å²) in [6.45, 7) is 14.9. The highest BCUT2D eigenvalue weighted by Gasteiger charge is 2.37. The van der Waals surface area contributed by atoms with E-state index in [1.165, 1.54) is 45.3 Å². The van der Waals surface area contributed by atoms with Crippen molar-refractivity contribution in [2.24, 2.45) is 10.8 Å². The van der Waals surface area contributed by atoms with Crippen LogP contribution in [0.15, 0.2) is 0 Å². The Hall–Kier alpha value is -0.120. The summed E-state index contributed by atoms with van der Waals surface area (Å²) in [5.41, 5.74) is 0.903. The minimum absolute atomic E-state index is 0.366. The van der Waals surface area contributed by atoms with E-state index in [0.29, 0.717) is 10.8 Å². The van der Waals surface area contributed by atoms with Gasteiger partial charge in [-0.3, -0.25) is 0 Å². The van der Waals surface area contributed by atoms with Gasteiger partial charge in [-0.2, -0.15) is 0 Å². The standard InChI is InChI=1S/C16H32N2O/c1-4-17-12-16(8-11-19-14-16)13-18-9-5-6-15(2,3)7-10-18/h17H,4-14H2,1-3H3. The Labute approximate surface area is 119 Å². The molecule has 2 aliphatic heterocycles. The SMILES string of the molecule is CCNCC1(CN2CCCC(C)(C)CC2)CCOC1. The quantitative estimate of drug-likeness (QED) is 0.829. The molecule has 2 saturated heterocycles.